The summed E-state index contributed by atoms with van der Waals surface area (Å²) in [4.78, 5) is 124. The average molecular weight is 1660 g/mol. The van der Waals surface area contributed by atoms with E-state index < -0.39 is 200 Å². The summed E-state index contributed by atoms with van der Waals surface area (Å²) in [7, 11) is -1.74. The van der Waals surface area contributed by atoms with Gasteiger partial charge in [-0.2, -0.15) is 0 Å². The Balaban J connectivity index is 0.954. The van der Waals surface area contributed by atoms with Gasteiger partial charge in [0, 0.05) is 30.3 Å². The number of aliphatic hydroxyl groups excluding tert-OH is 5. The van der Waals surface area contributed by atoms with E-state index in [1.807, 2.05) is 18.6 Å². The number of halogens is 2. The van der Waals surface area contributed by atoms with Crippen molar-refractivity contribution in [2.45, 2.75) is 161 Å². The summed E-state index contributed by atoms with van der Waals surface area (Å²) in [5.74, 6) is -15.2. The Morgan fingerprint density at radius 3 is 1.88 bits per heavy atom. The third kappa shape index (κ3) is 16.5. The SMILES string of the molecule is CNCCOc1ccc(S(=O)(=O)NC(=O)CC2NC(=O)C(NC(=O)C(CC(C)C)NC)C(O)c3ccc(c(Cl)c3)Oc3cc4cc(c3OC3OC(CN)C(O)C(O)C3O)Oc3ccc(cc3Cl)C(O)C3NC(=O)C(NC(=O)C4NC2=O)c2ccc4c(c2)-c2c(cc(O)cc2C4(O)O)[C@@H](C(=O)NC2C4CC5CC(C4)CC2C5)NC3=O)cc1. The Kier molecular flexibility index (Phi) is 23.7. The topological polar surface area (TPSA) is 525 Å². The molecule has 0 aromatic heterocycles. The number of rotatable bonds is 18. The summed E-state index contributed by atoms with van der Waals surface area (Å²) in [5.41, 5.74) is 3.75. The first-order chi connectivity index (χ1) is 55.2. The Hall–Kier alpha value is -9.83. The van der Waals surface area contributed by atoms with E-state index >= 15 is 28.8 Å². The van der Waals surface area contributed by atoms with Crippen LogP contribution in [0.5, 0.6) is 40.2 Å². The van der Waals surface area contributed by atoms with Crippen LogP contribution in [0.25, 0.3) is 11.1 Å². The zero-order valence-corrected chi connectivity index (χ0v) is 65.2. The quantitative estimate of drug-likeness (QED) is 0.0427. The van der Waals surface area contributed by atoms with Gasteiger partial charge in [0.2, 0.25) is 65.1 Å². The van der Waals surface area contributed by atoms with Gasteiger partial charge in [-0.15, -0.1) is 0 Å². The second-order valence-corrected chi connectivity index (χ2v) is 33.6. The van der Waals surface area contributed by atoms with Crippen LogP contribution >= 0.6 is 23.2 Å². The standard InChI is InChI=1S/C79H89Cl2N11O23S/c1-32(2)17-50(84-4)71(100)90-63-65(95)36-6-13-52(48(80)24-36)112-54-26-40-27-55(70(54)115-78-69(99)68(98)67(97)56(31-82)114-78)113-53-14-7-37(25-49(53)81)66(96)64-77(106)89-62(75(104)86-59-38-19-33-18-34(21-38)22-39(59)20-33)45-28-41(93)29-47-58(45)44-23-35(5-12-46(44)79(47,107)108)60(73(102)91-64)88-74(103)61(40)87-72(101)51(85-76(63)105)30-57(94)92-116(109,110)43-10-8-42(9-11-43)111-16-15-83-3/h5-14,23-29,32-34,38-39,50-51,56,59-69,78,83-84,93,95-99,107-108H,15-22,30-31,82H2,1-4H3,(H,85,105)(H,86,104)(H,87,101)(H,88,103)(H,89,106)(H,90,100)(H,91,102)(H,92,94)/t33?,34?,38?,39?,50?,51?,56?,59?,60?,61?,62-,63?,64?,65?,66?,67?,68?,69?,78?/m0/s1. The van der Waals surface area contributed by atoms with Gasteiger partial charge in [0.05, 0.1) is 27.4 Å². The molecule has 0 radical (unpaired) electrons. The number of ether oxygens (including phenoxy) is 5. The summed E-state index contributed by atoms with van der Waals surface area (Å²) in [5, 5.41) is 119. The maximum absolute atomic E-state index is 16.5. The van der Waals surface area contributed by atoms with E-state index in [-0.39, 0.29) is 104 Å². The van der Waals surface area contributed by atoms with Gasteiger partial charge in [0.15, 0.2) is 11.5 Å². The number of aliphatic hydroxyl groups is 7. The van der Waals surface area contributed by atoms with Crippen molar-refractivity contribution in [2.24, 2.45) is 35.3 Å². The highest BCUT2D eigenvalue weighted by Crippen LogP contribution is 2.56. The van der Waals surface area contributed by atoms with E-state index in [9.17, 15) is 58.9 Å². The van der Waals surface area contributed by atoms with Gasteiger partial charge in [-0.05, 0) is 200 Å². The molecule has 6 heterocycles. The smallest absolute Gasteiger partial charge is 0.264 e. The lowest BCUT2D eigenvalue weighted by molar-refractivity contribution is -0.270. The molecule has 20 N–H and O–H groups in total. The van der Waals surface area contributed by atoms with Gasteiger partial charge < -0.3 is 118 Å². The Morgan fingerprint density at radius 1 is 0.655 bits per heavy atom. The number of aromatic hydroxyl groups is 1. The van der Waals surface area contributed by atoms with E-state index in [1.54, 1.807) is 7.05 Å². The molecule has 37 heteroatoms. The van der Waals surface area contributed by atoms with E-state index in [2.05, 4.69) is 47.9 Å². The highest BCUT2D eigenvalue weighted by molar-refractivity contribution is 7.90. The maximum atomic E-state index is 16.5. The van der Waals surface area contributed by atoms with Crippen molar-refractivity contribution < 1.29 is 111 Å². The predicted octanol–water partition coefficient (Wildman–Crippen LogP) is 1.40. The molecule has 6 aromatic rings. The molecule has 0 spiro atoms. The average Bonchev–Trinajstić information content (AvgIpc) is 1.55. The fourth-order valence-corrected chi connectivity index (χ4v) is 18.6. The van der Waals surface area contributed by atoms with Crippen LogP contribution in [0.4, 0.5) is 0 Å². The molecule has 6 aliphatic heterocycles. The third-order valence-corrected chi connectivity index (χ3v) is 24.8. The molecule has 15 bridgehead atoms. The van der Waals surface area contributed by atoms with Crippen LogP contribution < -0.4 is 77.3 Å². The van der Waals surface area contributed by atoms with Crippen molar-refractivity contribution in [2.75, 3.05) is 33.8 Å². The van der Waals surface area contributed by atoms with Crippen molar-refractivity contribution >= 4 is 80.5 Å². The number of hydrogen-bond donors (Lipinski definition) is 19. The van der Waals surface area contributed by atoms with E-state index in [1.165, 1.54) is 61.6 Å². The number of nitrogens with two attached hydrogens (primary N) is 1. The zero-order valence-electron chi connectivity index (χ0n) is 62.9. The van der Waals surface area contributed by atoms with Gasteiger partial charge in [-0.3, -0.25) is 38.4 Å². The van der Waals surface area contributed by atoms with E-state index in [4.69, 9.17) is 52.6 Å². The fourth-order valence-electron chi connectivity index (χ4n) is 17.2. The summed E-state index contributed by atoms with van der Waals surface area (Å²) in [6, 6.07) is 5.11. The summed E-state index contributed by atoms with van der Waals surface area (Å²) < 4.78 is 61.5. The highest BCUT2D eigenvalue weighted by atomic mass is 35.5. The Labute approximate surface area is 674 Å². The van der Waals surface area contributed by atoms with Gasteiger partial charge in [0.25, 0.3) is 10.0 Å². The van der Waals surface area contributed by atoms with Crippen molar-refractivity contribution in [3.8, 4) is 51.4 Å². The van der Waals surface area contributed by atoms with Crippen molar-refractivity contribution in [1.29, 1.82) is 0 Å². The molecule has 14 atom stereocenters. The molecule has 34 nitrogen and oxygen atoms in total. The largest absolute Gasteiger partial charge is 0.508 e. The first-order valence-corrected chi connectivity index (χ1v) is 40.2. The van der Waals surface area contributed by atoms with E-state index in [0.29, 0.717) is 18.4 Å². The molecule has 11 aliphatic rings. The number of nitrogens with one attached hydrogen (secondary N) is 10. The molecule has 4 saturated carbocycles. The van der Waals surface area contributed by atoms with Gasteiger partial charge in [0.1, 0.15) is 102 Å². The van der Waals surface area contributed by atoms with Crippen LogP contribution in [-0.2, 0) is 58.9 Å². The van der Waals surface area contributed by atoms with Crippen LogP contribution in [0.2, 0.25) is 10.0 Å². The fraction of sp³-hybridized carbons (Fsp3) is 0.443. The number of benzene rings is 6. The molecule has 6 aromatic carbocycles. The molecular formula is C79H89Cl2N11O23S. The van der Waals surface area contributed by atoms with Crippen LogP contribution in [0.15, 0.2) is 108 Å². The van der Waals surface area contributed by atoms with Crippen molar-refractivity contribution in [1.82, 2.24) is 52.6 Å². The number of sulfonamides is 1. The molecule has 8 amide bonds. The normalized spacial score (nSPS) is 28.7. The molecule has 1 saturated heterocycles. The minimum absolute atomic E-state index is 0.0729. The molecule has 13 unspecified atom stereocenters. The first kappa shape index (κ1) is 82.7. The first-order valence-electron chi connectivity index (χ1n) is 38.0. The number of carbonyl (C=O) groups is 8. The number of fused-ring (bicyclic) bond motifs is 12. The van der Waals surface area contributed by atoms with Crippen LogP contribution in [0, 0.1) is 29.6 Å². The lowest BCUT2D eigenvalue weighted by atomic mass is 9.54. The minimum atomic E-state index is -4.89. The number of carbonyl (C=O) groups excluding carboxylic acids is 8. The molecule has 17 rings (SSSR count). The second-order valence-electron chi connectivity index (χ2n) is 31.1. The lowest BCUT2D eigenvalue weighted by Gasteiger charge is -2.54. The molecule has 5 aliphatic carbocycles. The molecular weight excluding hydrogens is 1570 g/mol. The lowest BCUT2D eigenvalue weighted by Crippen LogP contribution is -2.60. The number of likely N-dealkylation sites (N-methyl/N-ethyl adjacent to an activating group) is 2. The number of phenolic OH excluding ortho intramolecular Hbond substituents is 1. The molecule has 618 valence electrons. The Morgan fingerprint density at radius 2 is 1.27 bits per heavy atom. The highest BCUT2D eigenvalue weighted by Gasteiger charge is 2.52. The maximum Gasteiger partial charge on any atom is 0.264 e. The van der Waals surface area contributed by atoms with Crippen LogP contribution in [0.1, 0.15) is 128 Å². The summed E-state index contributed by atoms with van der Waals surface area (Å²) in [6.45, 7) is 3.76. The van der Waals surface area contributed by atoms with Gasteiger partial charge in [-0.1, -0.05) is 61.3 Å². The monoisotopic (exact) mass is 1660 g/mol. The second kappa shape index (κ2) is 33.3. The van der Waals surface area contributed by atoms with Gasteiger partial charge in [-0.25, -0.2) is 13.1 Å². The molecule has 5 fully saturated rings. The number of phenols is 1. The van der Waals surface area contributed by atoms with E-state index in [0.717, 1.165) is 80.6 Å². The third-order valence-electron chi connectivity index (χ3n) is 22.8. The zero-order chi connectivity index (χ0) is 82.8. The summed E-state index contributed by atoms with van der Waals surface area (Å²) in [6.07, 6.45) is -10.5. The van der Waals surface area contributed by atoms with Crippen molar-refractivity contribution in [3.63, 3.8) is 0 Å². The van der Waals surface area contributed by atoms with Crippen LogP contribution in [0.3, 0.4) is 0 Å². The van der Waals surface area contributed by atoms with Crippen LogP contribution in [-0.4, -0.2) is 191 Å². The summed E-state index contributed by atoms with van der Waals surface area (Å²) >= 11 is 14.3. The minimum Gasteiger partial charge on any atom is -0.508 e. The van der Waals surface area contributed by atoms with Gasteiger partial charge >= 0.3 is 0 Å². The number of amides is 8. The van der Waals surface area contributed by atoms with Crippen molar-refractivity contribution in [3.05, 3.63) is 152 Å². The molecule has 116 heavy (non-hydrogen) atoms. The predicted molar refractivity (Wildman–Crippen MR) is 410 cm³/mol. The number of hydrogen-bond acceptors (Lipinski definition) is 26. The Bertz CT molecular complexity index is 4980.